The molecule has 0 bridgehead atoms. The van der Waals surface area contributed by atoms with Gasteiger partial charge in [0.15, 0.2) is 0 Å². The number of fused-ring (bicyclic) bond motifs is 1. The van der Waals surface area contributed by atoms with Crippen LogP contribution < -0.4 is 0 Å². The van der Waals surface area contributed by atoms with Crippen molar-refractivity contribution in [2.45, 2.75) is 69.5 Å². The number of ketones is 1. The van der Waals surface area contributed by atoms with E-state index in [1.54, 1.807) is 24.3 Å². The van der Waals surface area contributed by atoms with Crippen molar-refractivity contribution in [3.05, 3.63) is 29.8 Å². The molecule has 1 aliphatic heterocycles. The predicted molar refractivity (Wildman–Crippen MR) is 100 cm³/mol. The molecule has 6 heteroatoms. The molecule has 2 fully saturated rings. The van der Waals surface area contributed by atoms with Gasteiger partial charge in [0.25, 0.3) is 0 Å². The van der Waals surface area contributed by atoms with E-state index in [2.05, 4.69) is 6.92 Å². The largest absolute Gasteiger partial charge is 0.365 e. The zero-order chi connectivity index (χ0) is 18.9. The molecule has 3 rings (SSSR count). The minimum atomic E-state index is -3.70. The van der Waals surface area contributed by atoms with E-state index in [1.807, 2.05) is 6.92 Å². The molecule has 1 aromatic rings. The van der Waals surface area contributed by atoms with Crippen LogP contribution in [0.2, 0.25) is 0 Å². The summed E-state index contributed by atoms with van der Waals surface area (Å²) in [6, 6.07) is 6.77. The third-order valence-corrected chi connectivity index (χ3v) is 7.77. The van der Waals surface area contributed by atoms with E-state index in [4.69, 9.17) is 4.74 Å². The number of hydrogen-bond donors (Lipinski definition) is 0. The number of ether oxygens (including phenoxy) is 1. The molecule has 5 nitrogen and oxygen atoms in total. The first-order valence-corrected chi connectivity index (χ1v) is 11.0. The van der Waals surface area contributed by atoms with E-state index in [0.717, 1.165) is 37.7 Å². The summed E-state index contributed by atoms with van der Waals surface area (Å²) in [5.74, 6) is -0.124. The minimum absolute atomic E-state index is 0.0736. The second kappa shape index (κ2) is 7.79. The lowest BCUT2D eigenvalue weighted by atomic mass is 9.86. The van der Waals surface area contributed by atoms with Crippen LogP contribution in [0.4, 0.5) is 0 Å². The van der Waals surface area contributed by atoms with Gasteiger partial charge in [0.1, 0.15) is 12.0 Å². The number of sulfonamides is 1. The molecular weight excluding hydrogens is 350 g/mol. The fraction of sp³-hybridized carbons (Fsp3) is 0.650. The Morgan fingerprint density at radius 1 is 1.23 bits per heavy atom. The molecule has 2 aliphatic rings. The standard InChI is InChI=1S/C20H29NO4S/c1-4-5-9-18(22)19-16-7-6-8-17(16)21(20(19)25-3)26(23,24)15-12-10-14(2)11-13-15/h10-13,16-17,19-20H,4-9H2,1-3H3/t16-,17+,19-,20-/m0/s1. The summed E-state index contributed by atoms with van der Waals surface area (Å²) in [5.41, 5.74) is 1.01. The summed E-state index contributed by atoms with van der Waals surface area (Å²) in [5, 5.41) is 0. The van der Waals surface area contributed by atoms with Crippen molar-refractivity contribution in [1.29, 1.82) is 0 Å². The lowest BCUT2D eigenvalue weighted by molar-refractivity contribution is -0.129. The van der Waals surface area contributed by atoms with Crippen LogP contribution in [-0.4, -0.2) is 37.9 Å². The molecule has 0 aromatic heterocycles. The average Bonchev–Trinajstić information content (AvgIpc) is 3.19. The van der Waals surface area contributed by atoms with Gasteiger partial charge in [0.2, 0.25) is 10.0 Å². The Labute approximate surface area is 156 Å². The van der Waals surface area contributed by atoms with Gasteiger partial charge in [-0.15, -0.1) is 0 Å². The highest BCUT2D eigenvalue weighted by Gasteiger charge is 2.57. The number of carbonyl (C=O) groups excluding carboxylic acids is 1. The highest BCUT2D eigenvalue weighted by molar-refractivity contribution is 7.89. The molecular formula is C20H29NO4S. The number of benzene rings is 1. The molecule has 0 amide bonds. The Morgan fingerprint density at radius 2 is 1.92 bits per heavy atom. The Hall–Kier alpha value is -1.24. The summed E-state index contributed by atoms with van der Waals surface area (Å²) in [6.45, 7) is 3.99. The fourth-order valence-corrected chi connectivity index (χ4v) is 6.41. The zero-order valence-electron chi connectivity index (χ0n) is 15.8. The van der Waals surface area contributed by atoms with Crippen LogP contribution in [0, 0.1) is 18.8 Å². The number of carbonyl (C=O) groups is 1. The number of hydrogen-bond acceptors (Lipinski definition) is 4. The first-order chi connectivity index (χ1) is 12.4. The number of aryl methyl sites for hydroxylation is 1. The summed E-state index contributed by atoms with van der Waals surface area (Å²) >= 11 is 0. The third-order valence-electron chi connectivity index (χ3n) is 5.86. The summed E-state index contributed by atoms with van der Waals surface area (Å²) in [6.07, 6.45) is 4.26. The second-order valence-corrected chi connectivity index (χ2v) is 9.38. The van der Waals surface area contributed by atoms with Crippen LogP contribution in [0.15, 0.2) is 29.2 Å². The van der Waals surface area contributed by atoms with Crippen molar-refractivity contribution in [2.75, 3.05) is 7.11 Å². The van der Waals surface area contributed by atoms with Gasteiger partial charge in [-0.05, 0) is 44.2 Å². The average molecular weight is 380 g/mol. The van der Waals surface area contributed by atoms with Gasteiger partial charge < -0.3 is 4.74 Å². The first kappa shape index (κ1) is 19.5. The van der Waals surface area contributed by atoms with Crippen LogP contribution in [0.5, 0.6) is 0 Å². The van der Waals surface area contributed by atoms with Gasteiger partial charge in [0.05, 0.1) is 10.8 Å². The van der Waals surface area contributed by atoms with Gasteiger partial charge in [0, 0.05) is 19.6 Å². The highest BCUT2D eigenvalue weighted by Crippen LogP contribution is 2.48. The van der Waals surface area contributed by atoms with Gasteiger partial charge >= 0.3 is 0 Å². The Balaban J connectivity index is 1.97. The molecule has 1 saturated heterocycles. The normalized spacial score (nSPS) is 29.0. The van der Waals surface area contributed by atoms with Gasteiger partial charge in [-0.1, -0.05) is 37.5 Å². The molecule has 0 radical (unpaired) electrons. The van der Waals surface area contributed by atoms with Crippen molar-refractivity contribution >= 4 is 15.8 Å². The van der Waals surface area contributed by atoms with E-state index >= 15 is 0 Å². The molecule has 4 atom stereocenters. The summed E-state index contributed by atoms with van der Waals surface area (Å²) in [4.78, 5) is 13.1. The molecule has 0 spiro atoms. The Kier molecular flexibility index (Phi) is 5.85. The quantitative estimate of drug-likeness (QED) is 0.727. The van der Waals surface area contributed by atoms with Crippen LogP contribution in [0.25, 0.3) is 0 Å². The van der Waals surface area contributed by atoms with Crippen LogP contribution in [0.3, 0.4) is 0 Å². The smallest absolute Gasteiger partial charge is 0.245 e. The Morgan fingerprint density at radius 3 is 2.54 bits per heavy atom. The van der Waals surface area contributed by atoms with Gasteiger partial charge in [-0.2, -0.15) is 4.31 Å². The third kappa shape index (κ3) is 3.35. The maximum atomic E-state index is 13.4. The van der Waals surface area contributed by atoms with Crippen LogP contribution in [-0.2, 0) is 19.6 Å². The number of Topliss-reactive ketones (excluding diaryl/α,β-unsaturated/α-hetero) is 1. The van der Waals surface area contributed by atoms with E-state index in [1.165, 1.54) is 11.4 Å². The van der Waals surface area contributed by atoms with Gasteiger partial charge in [-0.25, -0.2) is 8.42 Å². The van der Waals surface area contributed by atoms with Crippen molar-refractivity contribution < 1.29 is 17.9 Å². The number of rotatable bonds is 7. The van der Waals surface area contributed by atoms with E-state index in [-0.39, 0.29) is 28.6 Å². The maximum absolute atomic E-state index is 13.4. The molecule has 144 valence electrons. The second-order valence-electron chi connectivity index (χ2n) is 7.53. The van der Waals surface area contributed by atoms with Crippen LogP contribution in [0.1, 0.15) is 51.0 Å². The van der Waals surface area contributed by atoms with E-state index in [0.29, 0.717) is 6.42 Å². The fourth-order valence-electron chi connectivity index (χ4n) is 4.58. The SMILES string of the molecule is CCCCC(=O)[C@@H]1[C@H]2CCC[C@H]2N(S(=O)(=O)c2ccc(C)cc2)[C@H]1OC. The molecule has 1 saturated carbocycles. The first-order valence-electron chi connectivity index (χ1n) is 9.57. The van der Waals surface area contributed by atoms with Crippen molar-refractivity contribution in [2.24, 2.45) is 11.8 Å². The summed E-state index contributed by atoms with van der Waals surface area (Å²) in [7, 11) is -2.18. The molecule has 1 heterocycles. The van der Waals surface area contributed by atoms with Crippen molar-refractivity contribution in [1.82, 2.24) is 4.31 Å². The number of unbranched alkanes of at least 4 members (excludes halogenated alkanes) is 1. The molecule has 0 unspecified atom stereocenters. The van der Waals surface area contributed by atoms with Gasteiger partial charge in [-0.3, -0.25) is 4.79 Å². The molecule has 1 aromatic carbocycles. The van der Waals surface area contributed by atoms with E-state index in [9.17, 15) is 13.2 Å². The van der Waals surface area contributed by atoms with Crippen molar-refractivity contribution in [3.63, 3.8) is 0 Å². The lowest BCUT2D eigenvalue weighted by Crippen LogP contribution is -2.44. The monoisotopic (exact) mass is 379 g/mol. The number of nitrogens with zero attached hydrogens (tertiary/aromatic N) is 1. The topological polar surface area (TPSA) is 63.7 Å². The zero-order valence-corrected chi connectivity index (χ0v) is 16.7. The highest BCUT2D eigenvalue weighted by atomic mass is 32.2. The molecule has 0 N–H and O–H groups in total. The number of methoxy groups -OCH3 is 1. The lowest BCUT2D eigenvalue weighted by Gasteiger charge is -2.29. The van der Waals surface area contributed by atoms with Crippen LogP contribution >= 0.6 is 0 Å². The minimum Gasteiger partial charge on any atom is -0.365 e. The van der Waals surface area contributed by atoms with Crippen molar-refractivity contribution in [3.8, 4) is 0 Å². The predicted octanol–water partition coefficient (Wildman–Crippen LogP) is 3.52. The van der Waals surface area contributed by atoms with E-state index < -0.39 is 16.3 Å². The maximum Gasteiger partial charge on any atom is 0.245 e. The molecule has 26 heavy (non-hydrogen) atoms. The summed E-state index contributed by atoms with van der Waals surface area (Å²) < 4.78 is 33.9. The molecule has 1 aliphatic carbocycles. The Bertz CT molecular complexity index is 744.